The molecule has 15 heavy (non-hydrogen) atoms. The Morgan fingerprint density at radius 3 is 2.40 bits per heavy atom. The average Bonchev–Trinajstić information content (AvgIpc) is 2.98. The van der Waals surface area contributed by atoms with Gasteiger partial charge in [0.2, 0.25) is 0 Å². The monoisotopic (exact) mass is 233 g/mol. The zero-order chi connectivity index (χ0) is 11.5. The summed E-state index contributed by atoms with van der Waals surface area (Å²) in [6.45, 7) is 6.00. The van der Waals surface area contributed by atoms with Crippen LogP contribution in [0.5, 0.6) is 0 Å². The summed E-state index contributed by atoms with van der Waals surface area (Å²) in [5, 5.41) is 3.51. The highest BCUT2D eigenvalue weighted by molar-refractivity contribution is 7.91. The highest BCUT2D eigenvalue weighted by atomic mass is 32.2. The minimum atomic E-state index is -2.79. The second-order valence-electron chi connectivity index (χ2n) is 4.73. The maximum atomic E-state index is 11.3. The summed E-state index contributed by atoms with van der Waals surface area (Å²) in [5.41, 5.74) is 0. The lowest BCUT2D eigenvalue weighted by atomic mass is 10.0. The van der Waals surface area contributed by atoms with E-state index >= 15 is 0 Å². The molecule has 0 aromatic heterocycles. The second-order valence-corrected chi connectivity index (χ2v) is 7.20. The number of sulfone groups is 1. The van der Waals surface area contributed by atoms with Crippen LogP contribution in [0, 0.1) is 5.92 Å². The van der Waals surface area contributed by atoms with E-state index in [1.54, 1.807) is 6.92 Å². The van der Waals surface area contributed by atoms with Gasteiger partial charge in [-0.05, 0) is 32.1 Å². The standard InChI is InChI=1S/C11H23NO2S/c1-4-15(13,14)8-7-9(2)10(3)12-11-5-6-11/h9-12H,4-8H2,1-3H3. The van der Waals surface area contributed by atoms with Crippen LogP contribution >= 0.6 is 0 Å². The zero-order valence-corrected chi connectivity index (χ0v) is 10.8. The third kappa shape index (κ3) is 4.98. The molecule has 2 atom stereocenters. The van der Waals surface area contributed by atoms with Crippen molar-refractivity contribution in [3.63, 3.8) is 0 Å². The molecular formula is C11H23NO2S. The van der Waals surface area contributed by atoms with Crippen LogP contribution in [0.25, 0.3) is 0 Å². The lowest BCUT2D eigenvalue weighted by Gasteiger charge is -2.21. The zero-order valence-electron chi connectivity index (χ0n) is 9.99. The first-order valence-electron chi connectivity index (χ1n) is 5.91. The second kappa shape index (κ2) is 5.30. The van der Waals surface area contributed by atoms with Gasteiger partial charge in [0.1, 0.15) is 9.84 Å². The van der Waals surface area contributed by atoms with Crippen LogP contribution in [0.4, 0.5) is 0 Å². The summed E-state index contributed by atoms with van der Waals surface area (Å²) in [5.74, 6) is 1.04. The molecule has 1 rings (SSSR count). The Balaban J connectivity index is 2.24. The summed E-state index contributed by atoms with van der Waals surface area (Å²) in [7, 11) is -2.79. The average molecular weight is 233 g/mol. The van der Waals surface area contributed by atoms with E-state index in [1.165, 1.54) is 12.8 Å². The Morgan fingerprint density at radius 2 is 1.93 bits per heavy atom. The number of nitrogens with one attached hydrogen (secondary N) is 1. The van der Waals surface area contributed by atoms with Gasteiger partial charge in [-0.2, -0.15) is 0 Å². The van der Waals surface area contributed by atoms with Crippen molar-refractivity contribution in [2.24, 2.45) is 5.92 Å². The van der Waals surface area contributed by atoms with Gasteiger partial charge in [-0.3, -0.25) is 0 Å². The summed E-state index contributed by atoms with van der Waals surface area (Å²) < 4.78 is 22.7. The lowest BCUT2D eigenvalue weighted by molar-refractivity contribution is 0.388. The summed E-state index contributed by atoms with van der Waals surface area (Å²) in [6.07, 6.45) is 3.34. The quantitative estimate of drug-likeness (QED) is 0.726. The number of rotatable bonds is 7. The van der Waals surface area contributed by atoms with Crippen LogP contribution in [0.15, 0.2) is 0 Å². The van der Waals surface area contributed by atoms with Crippen LogP contribution in [-0.4, -0.2) is 32.0 Å². The van der Waals surface area contributed by atoms with Crippen LogP contribution in [0.3, 0.4) is 0 Å². The van der Waals surface area contributed by atoms with Crippen molar-refractivity contribution in [1.82, 2.24) is 5.32 Å². The first-order chi connectivity index (χ1) is 6.94. The molecule has 90 valence electrons. The molecule has 0 bridgehead atoms. The molecule has 4 heteroatoms. The molecule has 0 radical (unpaired) electrons. The third-order valence-electron chi connectivity index (χ3n) is 3.25. The minimum absolute atomic E-state index is 0.268. The van der Waals surface area contributed by atoms with Crippen molar-refractivity contribution in [2.75, 3.05) is 11.5 Å². The van der Waals surface area contributed by atoms with E-state index in [0.717, 1.165) is 6.42 Å². The molecule has 0 aliphatic heterocycles. The summed E-state index contributed by atoms with van der Waals surface area (Å²) >= 11 is 0. The Hall–Kier alpha value is -0.0900. The van der Waals surface area contributed by atoms with Crippen LogP contribution in [-0.2, 0) is 9.84 Å². The largest absolute Gasteiger partial charge is 0.311 e. The molecule has 0 aromatic rings. The van der Waals surface area contributed by atoms with Crippen molar-refractivity contribution in [3.8, 4) is 0 Å². The third-order valence-corrected chi connectivity index (χ3v) is 4.99. The van der Waals surface area contributed by atoms with E-state index in [1.807, 2.05) is 0 Å². The van der Waals surface area contributed by atoms with Gasteiger partial charge >= 0.3 is 0 Å². The predicted octanol–water partition coefficient (Wildman–Crippen LogP) is 1.59. The van der Waals surface area contributed by atoms with Crippen LogP contribution in [0.2, 0.25) is 0 Å². The van der Waals surface area contributed by atoms with E-state index < -0.39 is 9.84 Å². The van der Waals surface area contributed by atoms with Crippen molar-refractivity contribution < 1.29 is 8.42 Å². The first-order valence-corrected chi connectivity index (χ1v) is 7.73. The van der Waals surface area contributed by atoms with Crippen LogP contribution < -0.4 is 5.32 Å². The van der Waals surface area contributed by atoms with Gasteiger partial charge in [-0.15, -0.1) is 0 Å². The van der Waals surface area contributed by atoms with E-state index in [2.05, 4.69) is 19.2 Å². The Kier molecular flexibility index (Phi) is 4.59. The molecule has 1 fully saturated rings. The maximum absolute atomic E-state index is 11.3. The smallest absolute Gasteiger partial charge is 0.150 e. The summed E-state index contributed by atoms with van der Waals surface area (Å²) in [6, 6.07) is 1.13. The maximum Gasteiger partial charge on any atom is 0.150 e. The van der Waals surface area contributed by atoms with Crippen molar-refractivity contribution in [1.29, 1.82) is 0 Å². The van der Waals surface area contributed by atoms with Gasteiger partial charge in [0, 0.05) is 17.8 Å². The SMILES string of the molecule is CCS(=O)(=O)CCC(C)C(C)NC1CC1. The highest BCUT2D eigenvalue weighted by Gasteiger charge is 2.25. The normalized spacial score (nSPS) is 21.3. The summed E-state index contributed by atoms with van der Waals surface area (Å²) in [4.78, 5) is 0. The lowest BCUT2D eigenvalue weighted by Crippen LogP contribution is -2.34. The van der Waals surface area contributed by atoms with Gasteiger partial charge in [0.25, 0.3) is 0 Å². The van der Waals surface area contributed by atoms with E-state index in [0.29, 0.717) is 23.8 Å². The molecular weight excluding hydrogens is 210 g/mol. The molecule has 3 nitrogen and oxygen atoms in total. The fourth-order valence-corrected chi connectivity index (χ4v) is 2.57. The van der Waals surface area contributed by atoms with Gasteiger partial charge < -0.3 is 5.32 Å². The number of hydrogen-bond donors (Lipinski definition) is 1. The highest BCUT2D eigenvalue weighted by Crippen LogP contribution is 2.21. The molecule has 1 aliphatic rings. The van der Waals surface area contributed by atoms with Crippen molar-refractivity contribution in [3.05, 3.63) is 0 Å². The first kappa shape index (κ1) is 13.0. The van der Waals surface area contributed by atoms with E-state index in [9.17, 15) is 8.42 Å². The molecule has 1 aliphatic carbocycles. The van der Waals surface area contributed by atoms with Crippen molar-refractivity contribution >= 4 is 9.84 Å². The Morgan fingerprint density at radius 1 is 1.33 bits per heavy atom. The predicted molar refractivity (Wildman–Crippen MR) is 63.7 cm³/mol. The molecule has 0 aromatic carbocycles. The van der Waals surface area contributed by atoms with Crippen molar-refractivity contribution in [2.45, 2.75) is 52.1 Å². The van der Waals surface area contributed by atoms with E-state index in [-0.39, 0.29) is 5.75 Å². The minimum Gasteiger partial charge on any atom is -0.311 e. The Labute approximate surface area is 93.6 Å². The molecule has 1 saturated carbocycles. The molecule has 0 spiro atoms. The van der Waals surface area contributed by atoms with Gasteiger partial charge in [0.15, 0.2) is 0 Å². The van der Waals surface area contributed by atoms with Gasteiger partial charge in [-0.25, -0.2) is 8.42 Å². The van der Waals surface area contributed by atoms with E-state index in [4.69, 9.17) is 0 Å². The fraction of sp³-hybridized carbons (Fsp3) is 1.00. The Bertz CT molecular complexity index is 283. The molecule has 1 N–H and O–H groups in total. The topological polar surface area (TPSA) is 46.2 Å². The van der Waals surface area contributed by atoms with Crippen LogP contribution in [0.1, 0.15) is 40.0 Å². The van der Waals surface area contributed by atoms with Gasteiger partial charge in [0.05, 0.1) is 5.75 Å². The van der Waals surface area contributed by atoms with Gasteiger partial charge in [-0.1, -0.05) is 13.8 Å². The number of hydrogen-bond acceptors (Lipinski definition) is 3. The molecule has 0 amide bonds. The molecule has 2 unspecified atom stereocenters. The fourth-order valence-electron chi connectivity index (χ4n) is 1.55. The molecule has 0 heterocycles. The molecule has 0 saturated heterocycles.